The summed E-state index contributed by atoms with van der Waals surface area (Å²) in [5.41, 5.74) is 0.976. The highest BCUT2D eigenvalue weighted by molar-refractivity contribution is 5.82. The lowest BCUT2D eigenvalue weighted by molar-refractivity contribution is -0.137. The number of aromatic nitrogens is 1. The van der Waals surface area contributed by atoms with E-state index in [1.165, 1.54) is 18.3 Å². The second-order valence-electron chi connectivity index (χ2n) is 6.27. The van der Waals surface area contributed by atoms with Gasteiger partial charge in [-0.05, 0) is 43.1 Å². The number of carbonyl (C=O) groups is 1. The van der Waals surface area contributed by atoms with Gasteiger partial charge in [0, 0.05) is 11.8 Å². The van der Waals surface area contributed by atoms with Crippen molar-refractivity contribution in [2.75, 3.05) is 6.54 Å². The molecule has 1 saturated heterocycles. The average Bonchev–Trinajstić information content (AvgIpc) is 3.20. The topological polar surface area (TPSA) is 77.8 Å². The molecule has 1 aliphatic rings. The van der Waals surface area contributed by atoms with Crippen LogP contribution in [0.5, 0.6) is 0 Å². The number of pyridine rings is 1. The van der Waals surface area contributed by atoms with E-state index in [1.54, 1.807) is 6.07 Å². The van der Waals surface area contributed by atoms with Crippen molar-refractivity contribution in [3.63, 3.8) is 0 Å². The van der Waals surface area contributed by atoms with Crippen LogP contribution >= 0.6 is 0 Å². The summed E-state index contributed by atoms with van der Waals surface area (Å²) in [7, 11) is 0. The molecule has 0 spiro atoms. The number of nitrogens with one attached hydrogen (secondary N) is 2. The Bertz CT molecular complexity index is 866. The minimum absolute atomic E-state index is 0.116. The lowest BCUT2D eigenvalue weighted by Gasteiger charge is -2.12. The molecule has 1 amide bonds. The number of benzene rings is 1. The van der Waals surface area contributed by atoms with Crippen LogP contribution in [0, 0.1) is 11.3 Å². The van der Waals surface area contributed by atoms with E-state index >= 15 is 0 Å². The van der Waals surface area contributed by atoms with Gasteiger partial charge in [-0.15, -0.1) is 0 Å². The van der Waals surface area contributed by atoms with E-state index in [1.807, 2.05) is 6.07 Å². The molecular formula is C19H17F3N4O. The first-order chi connectivity index (χ1) is 12.9. The fourth-order valence-electron chi connectivity index (χ4n) is 2.97. The predicted molar refractivity (Wildman–Crippen MR) is 92.3 cm³/mol. The Morgan fingerprint density at radius 1 is 1.33 bits per heavy atom. The molecule has 2 N–H and O–H groups in total. The minimum atomic E-state index is -4.42. The van der Waals surface area contributed by atoms with Crippen LogP contribution in [0.1, 0.15) is 29.7 Å². The van der Waals surface area contributed by atoms with Gasteiger partial charge in [-0.25, -0.2) is 0 Å². The van der Waals surface area contributed by atoms with Gasteiger partial charge < -0.3 is 10.6 Å². The molecule has 0 radical (unpaired) electrons. The van der Waals surface area contributed by atoms with Crippen molar-refractivity contribution >= 4 is 5.91 Å². The van der Waals surface area contributed by atoms with Gasteiger partial charge in [0.25, 0.3) is 0 Å². The summed E-state index contributed by atoms with van der Waals surface area (Å²) in [6, 6.07) is 8.00. The van der Waals surface area contributed by atoms with Gasteiger partial charge >= 0.3 is 6.18 Å². The molecule has 0 bridgehead atoms. The second kappa shape index (κ2) is 7.76. The summed E-state index contributed by atoms with van der Waals surface area (Å²) in [6.07, 6.45) is -1.32. The Morgan fingerprint density at radius 3 is 2.67 bits per heavy atom. The first-order valence-electron chi connectivity index (χ1n) is 8.46. The highest BCUT2D eigenvalue weighted by Crippen LogP contribution is 2.31. The summed E-state index contributed by atoms with van der Waals surface area (Å²) >= 11 is 0. The van der Waals surface area contributed by atoms with E-state index in [0.29, 0.717) is 16.8 Å². The van der Waals surface area contributed by atoms with Crippen LogP contribution in [-0.2, 0) is 17.5 Å². The van der Waals surface area contributed by atoms with Crippen molar-refractivity contribution in [3.8, 4) is 17.2 Å². The Hall–Kier alpha value is -2.92. The van der Waals surface area contributed by atoms with Gasteiger partial charge in [0.2, 0.25) is 5.91 Å². The van der Waals surface area contributed by atoms with Crippen LogP contribution in [0.3, 0.4) is 0 Å². The van der Waals surface area contributed by atoms with Gasteiger partial charge in [0.15, 0.2) is 0 Å². The normalized spacial score (nSPS) is 16.7. The SMILES string of the molecule is N#Cc1cnc(CNC(=O)[C@@H]2CCCN2)cc1-c1ccc(C(F)(F)F)cc1. The molecule has 27 heavy (non-hydrogen) atoms. The van der Waals surface area contributed by atoms with Crippen LogP contribution < -0.4 is 10.6 Å². The highest BCUT2D eigenvalue weighted by atomic mass is 19.4. The third-order valence-corrected chi connectivity index (χ3v) is 4.42. The first-order valence-corrected chi connectivity index (χ1v) is 8.46. The van der Waals surface area contributed by atoms with Crippen molar-refractivity contribution in [2.45, 2.75) is 31.6 Å². The van der Waals surface area contributed by atoms with Gasteiger partial charge in [-0.1, -0.05) is 12.1 Å². The smallest absolute Gasteiger partial charge is 0.349 e. The standard InChI is InChI=1S/C19H17F3N4O/c20-19(21,22)14-5-3-12(4-6-14)16-8-15(25-10-13(16)9-23)11-26-18(27)17-2-1-7-24-17/h3-6,8,10,17,24H,1-2,7,11H2,(H,26,27)/t17-/m0/s1. The summed E-state index contributed by atoms with van der Waals surface area (Å²) in [6.45, 7) is 0.988. The maximum atomic E-state index is 12.7. The highest BCUT2D eigenvalue weighted by Gasteiger charge is 2.30. The first kappa shape index (κ1) is 18.9. The number of amides is 1. The van der Waals surface area contributed by atoms with Crippen LogP contribution in [0.25, 0.3) is 11.1 Å². The molecule has 1 aromatic carbocycles. The lowest BCUT2D eigenvalue weighted by Crippen LogP contribution is -2.40. The molecule has 1 aromatic heterocycles. The zero-order valence-corrected chi connectivity index (χ0v) is 14.3. The van der Waals surface area contributed by atoms with Crippen LogP contribution in [0.2, 0.25) is 0 Å². The van der Waals surface area contributed by atoms with Crippen LogP contribution in [0.4, 0.5) is 13.2 Å². The van der Waals surface area contributed by atoms with Crippen molar-refractivity contribution in [3.05, 3.63) is 53.3 Å². The van der Waals surface area contributed by atoms with E-state index in [4.69, 9.17) is 0 Å². The molecule has 1 aliphatic heterocycles. The van der Waals surface area contributed by atoms with Crippen molar-refractivity contribution < 1.29 is 18.0 Å². The van der Waals surface area contributed by atoms with E-state index in [-0.39, 0.29) is 24.1 Å². The number of nitrogens with zero attached hydrogens (tertiary/aromatic N) is 2. The number of hydrogen-bond donors (Lipinski definition) is 2. The molecule has 1 fully saturated rings. The second-order valence-corrected chi connectivity index (χ2v) is 6.27. The molecule has 2 heterocycles. The number of halogens is 3. The summed E-state index contributed by atoms with van der Waals surface area (Å²) in [4.78, 5) is 16.2. The molecule has 0 unspecified atom stereocenters. The Kier molecular flexibility index (Phi) is 5.42. The van der Waals surface area contributed by atoms with Crippen LogP contribution in [-0.4, -0.2) is 23.5 Å². The largest absolute Gasteiger partial charge is 0.416 e. The molecule has 2 aromatic rings. The van der Waals surface area contributed by atoms with E-state index < -0.39 is 11.7 Å². The van der Waals surface area contributed by atoms with Crippen molar-refractivity contribution in [2.24, 2.45) is 0 Å². The zero-order chi connectivity index (χ0) is 19.4. The van der Waals surface area contributed by atoms with Crippen molar-refractivity contribution in [1.82, 2.24) is 15.6 Å². The Labute approximate surface area is 154 Å². The number of alkyl halides is 3. The number of nitriles is 1. The van der Waals surface area contributed by atoms with E-state index in [2.05, 4.69) is 15.6 Å². The van der Waals surface area contributed by atoms with Gasteiger partial charge in [0.1, 0.15) is 6.07 Å². The predicted octanol–water partition coefficient (Wildman–Crippen LogP) is 3.01. The maximum absolute atomic E-state index is 12.7. The van der Waals surface area contributed by atoms with Gasteiger partial charge in [-0.2, -0.15) is 18.4 Å². The molecule has 140 valence electrons. The molecule has 0 aliphatic carbocycles. The quantitative estimate of drug-likeness (QED) is 0.863. The average molecular weight is 374 g/mol. The molecule has 3 rings (SSSR count). The fraction of sp³-hybridized carbons (Fsp3) is 0.316. The Morgan fingerprint density at radius 2 is 2.07 bits per heavy atom. The Balaban J connectivity index is 1.79. The molecule has 0 saturated carbocycles. The molecule has 5 nitrogen and oxygen atoms in total. The third-order valence-electron chi connectivity index (χ3n) is 4.42. The zero-order valence-electron chi connectivity index (χ0n) is 14.3. The van der Waals surface area contributed by atoms with Crippen LogP contribution in [0.15, 0.2) is 36.5 Å². The van der Waals surface area contributed by atoms with Gasteiger partial charge in [-0.3, -0.25) is 9.78 Å². The monoisotopic (exact) mass is 374 g/mol. The minimum Gasteiger partial charge on any atom is -0.349 e. The number of hydrogen-bond acceptors (Lipinski definition) is 4. The van der Waals surface area contributed by atoms with Crippen molar-refractivity contribution in [1.29, 1.82) is 5.26 Å². The summed E-state index contributed by atoms with van der Waals surface area (Å²) in [5.74, 6) is -0.116. The molecule has 8 heteroatoms. The van der Waals surface area contributed by atoms with E-state index in [0.717, 1.165) is 31.5 Å². The third kappa shape index (κ3) is 4.44. The summed E-state index contributed by atoms with van der Waals surface area (Å²) in [5, 5.41) is 15.2. The summed E-state index contributed by atoms with van der Waals surface area (Å²) < 4.78 is 38.2. The fourth-order valence-corrected chi connectivity index (χ4v) is 2.97. The van der Waals surface area contributed by atoms with E-state index in [9.17, 15) is 23.2 Å². The molecule has 1 atom stereocenters. The maximum Gasteiger partial charge on any atom is 0.416 e. The number of carbonyl (C=O) groups excluding carboxylic acids is 1. The lowest BCUT2D eigenvalue weighted by atomic mass is 10.00. The van der Waals surface area contributed by atoms with Gasteiger partial charge in [0.05, 0.1) is 29.4 Å². The molecular weight excluding hydrogens is 357 g/mol. The number of rotatable bonds is 4.